The summed E-state index contributed by atoms with van der Waals surface area (Å²) in [6.45, 7) is 2.51. The van der Waals surface area contributed by atoms with E-state index in [1.54, 1.807) is 4.90 Å². The van der Waals surface area contributed by atoms with Crippen LogP contribution < -0.4 is 4.72 Å². The first kappa shape index (κ1) is 20.5. The van der Waals surface area contributed by atoms with Crippen molar-refractivity contribution in [2.24, 2.45) is 5.92 Å². The molecule has 150 valence electrons. The lowest BCUT2D eigenvalue weighted by Gasteiger charge is -2.34. The van der Waals surface area contributed by atoms with Gasteiger partial charge in [-0.25, -0.2) is 12.8 Å². The molecule has 0 aromatic heterocycles. The van der Waals surface area contributed by atoms with Gasteiger partial charge in [0.05, 0.1) is 6.04 Å². The molecule has 0 saturated heterocycles. The molecule has 1 saturated carbocycles. The molecule has 0 heterocycles. The molecule has 1 amide bonds. The molecule has 3 rings (SSSR count). The third-order valence-corrected chi connectivity index (χ3v) is 6.63. The summed E-state index contributed by atoms with van der Waals surface area (Å²) in [5.41, 5.74) is 0.985. The molecule has 0 unspecified atom stereocenters. The topological polar surface area (TPSA) is 66.5 Å². The first-order chi connectivity index (χ1) is 13.4. The van der Waals surface area contributed by atoms with Crippen molar-refractivity contribution in [1.29, 1.82) is 0 Å². The van der Waals surface area contributed by atoms with Crippen molar-refractivity contribution in [1.82, 2.24) is 9.62 Å². The smallest absolute Gasteiger partial charge is 0.244 e. The average molecular weight is 405 g/mol. The van der Waals surface area contributed by atoms with Crippen molar-refractivity contribution in [3.05, 3.63) is 66.0 Å². The summed E-state index contributed by atoms with van der Waals surface area (Å²) >= 11 is 0. The summed E-state index contributed by atoms with van der Waals surface area (Å²) in [5, 5.41) is 0. The highest BCUT2D eigenvalue weighted by Gasteiger charge is 2.30. The van der Waals surface area contributed by atoms with Crippen molar-refractivity contribution in [3.8, 4) is 0 Å². The van der Waals surface area contributed by atoms with E-state index in [-0.39, 0.29) is 5.91 Å². The van der Waals surface area contributed by atoms with E-state index in [2.05, 4.69) is 4.72 Å². The standard InChI is InChI=1S/C21H25FN2O3S/c1-16(23-28(26,27)20-13-6-5-12-19(20)22)21(25)24(15-18-10-7-11-18)14-17-8-3-2-4-9-17/h2-6,8-9,12-13,16,18,23H,7,10-11,14-15H2,1H3/t16-/m0/s1. The SMILES string of the molecule is C[C@H](NS(=O)(=O)c1ccccc1F)C(=O)N(Cc1ccccc1)CC1CCC1. The number of benzene rings is 2. The molecule has 0 spiro atoms. The van der Waals surface area contributed by atoms with Gasteiger partial charge in [0.1, 0.15) is 10.7 Å². The van der Waals surface area contributed by atoms with Gasteiger partial charge in [-0.3, -0.25) is 4.79 Å². The Balaban J connectivity index is 1.74. The molecule has 7 heteroatoms. The van der Waals surface area contributed by atoms with Gasteiger partial charge in [-0.15, -0.1) is 0 Å². The first-order valence-electron chi connectivity index (χ1n) is 9.46. The Bertz CT molecular complexity index is 914. The molecule has 2 aromatic rings. The summed E-state index contributed by atoms with van der Waals surface area (Å²) < 4.78 is 41.3. The Kier molecular flexibility index (Phi) is 6.46. The zero-order valence-corrected chi connectivity index (χ0v) is 16.7. The highest BCUT2D eigenvalue weighted by molar-refractivity contribution is 7.89. The Morgan fingerprint density at radius 2 is 1.79 bits per heavy atom. The Hall–Kier alpha value is -2.25. The largest absolute Gasteiger partial charge is 0.337 e. The Labute approximate surface area is 165 Å². The summed E-state index contributed by atoms with van der Waals surface area (Å²) in [5.74, 6) is -0.705. The monoisotopic (exact) mass is 404 g/mol. The summed E-state index contributed by atoms with van der Waals surface area (Å²) in [7, 11) is -4.13. The number of nitrogens with one attached hydrogen (secondary N) is 1. The quantitative estimate of drug-likeness (QED) is 0.734. The number of hydrogen-bond donors (Lipinski definition) is 1. The molecule has 1 aliphatic carbocycles. The van der Waals surface area contributed by atoms with E-state index >= 15 is 0 Å². The Morgan fingerprint density at radius 3 is 2.39 bits per heavy atom. The van der Waals surface area contributed by atoms with E-state index in [9.17, 15) is 17.6 Å². The van der Waals surface area contributed by atoms with Crippen LogP contribution >= 0.6 is 0 Å². The van der Waals surface area contributed by atoms with Crippen LogP contribution in [0, 0.1) is 11.7 Å². The summed E-state index contributed by atoms with van der Waals surface area (Å²) in [4.78, 5) is 14.3. The van der Waals surface area contributed by atoms with Gasteiger partial charge in [0.25, 0.3) is 0 Å². The van der Waals surface area contributed by atoms with Gasteiger partial charge in [-0.1, -0.05) is 48.9 Å². The Morgan fingerprint density at radius 1 is 1.14 bits per heavy atom. The zero-order chi connectivity index (χ0) is 20.1. The van der Waals surface area contributed by atoms with E-state index in [4.69, 9.17) is 0 Å². The normalized spacial score (nSPS) is 15.6. The second-order valence-electron chi connectivity index (χ2n) is 7.27. The summed E-state index contributed by atoms with van der Waals surface area (Å²) in [6, 6.07) is 13.7. The van der Waals surface area contributed by atoms with E-state index < -0.39 is 26.8 Å². The third-order valence-electron chi connectivity index (χ3n) is 5.06. The molecule has 1 fully saturated rings. The molecular weight excluding hydrogens is 379 g/mol. The van der Waals surface area contributed by atoms with Gasteiger partial charge in [0.2, 0.25) is 15.9 Å². The maximum atomic E-state index is 13.9. The van der Waals surface area contributed by atoms with Crippen molar-refractivity contribution in [2.45, 2.75) is 43.7 Å². The predicted octanol–water partition coefficient (Wildman–Crippen LogP) is 3.32. The van der Waals surface area contributed by atoms with Crippen LogP contribution in [0.5, 0.6) is 0 Å². The molecule has 5 nitrogen and oxygen atoms in total. The van der Waals surface area contributed by atoms with Crippen molar-refractivity contribution in [3.63, 3.8) is 0 Å². The number of sulfonamides is 1. The first-order valence-corrected chi connectivity index (χ1v) is 10.9. The van der Waals surface area contributed by atoms with Crippen molar-refractivity contribution >= 4 is 15.9 Å². The second-order valence-corrected chi connectivity index (χ2v) is 8.96. The number of halogens is 1. The lowest BCUT2D eigenvalue weighted by atomic mass is 9.85. The minimum absolute atomic E-state index is 0.310. The van der Waals surface area contributed by atoms with E-state index in [0.717, 1.165) is 30.9 Å². The molecule has 28 heavy (non-hydrogen) atoms. The molecule has 1 aliphatic rings. The third kappa shape index (κ3) is 4.97. The van der Waals surface area contributed by atoms with E-state index in [1.807, 2.05) is 30.3 Å². The fourth-order valence-electron chi connectivity index (χ4n) is 3.31. The van der Waals surface area contributed by atoms with Crippen molar-refractivity contribution < 1.29 is 17.6 Å². The number of nitrogens with zero attached hydrogens (tertiary/aromatic N) is 1. The van der Waals surface area contributed by atoms with Gasteiger partial charge in [-0.05, 0) is 43.4 Å². The molecule has 0 aliphatic heterocycles. The summed E-state index contributed by atoms with van der Waals surface area (Å²) in [6.07, 6.45) is 3.31. The van der Waals surface area contributed by atoms with Gasteiger partial charge >= 0.3 is 0 Å². The molecular formula is C21H25FN2O3S. The fraction of sp³-hybridized carbons (Fsp3) is 0.381. The van der Waals surface area contributed by atoms with Gasteiger partial charge in [0, 0.05) is 13.1 Å². The van der Waals surface area contributed by atoms with Crippen LogP contribution in [0.3, 0.4) is 0 Å². The maximum Gasteiger partial charge on any atom is 0.244 e. The number of hydrogen-bond acceptors (Lipinski definition) is 3. The maximum absolute atomic E-state index is 13.9. The minimum atomic E-state index is -4.13. The molecule has 0 radical (unpaired) electrons. The van der Waals surface area contributed by atoms with Crippen molar-refractivity contribution in [2.75, 3.05) is 6.54 Å². The number of rotatable bonds is 8. The van der Waals surface area contributed by atoms with Gasteiger partial charge in [0.15, 0.2) is 0 Å². The molecule has 1 atom stereocenters. The van der Waals surface area contributed by atoms with Gasteiger partial charge in [-0.2, -0.15) is 4.72 Å². The highest BCUT2D eigenvalue weighted by Crippen LogP contribution is 2.28. The van der Waals surface area contributed by atoms with E-state index in [1.165, 1.54) is 25.1 Å². The molecule has 1 N–H and O–H groups in total. The zero-order valence-electron chi connectivity index (χ0n) is 15.8. The van der Waals surface area contributed by atoms with Crippen LogP contribution in [0.1, 0.15) is 31.7 Å². The highest BCUT2D eigenvalue weighted by atomic mass is 32.2. The lowest BCUT2D eigenvalue weighted by molar-refractivity contribution is -0.134. The van der Waals surface area contributed by atoms with Crippen LogP contribution in [-0.2, 0) is 21.4 Å². The second kappa shape index (κ2) is 8.84. The molecule has 0 bridgehead atoms. The predicted molar refractivity (Wildman–Crippen MR) is 105 cm³/mol. The van der Waals surface area contributed by atoms with Gasteiger partial charge < -0.3 is 4.90 Å². The average Bonchev–Trinajstić information content (AvgIpc) is 2.63. The van der Waals surface area contributed by atoms with E-state index in [0.29, 0.717) is 19.0 Å². The van der Waals surface area contributed by atoms with Crippen LogP contribution in [-0.4, -0.2) is 31.8 Å². The minimum Gasteiger partial charge on any atom is -0.337 e. The molecule has 2 aromatic carbocycles. The fourth-order valence-corrected chi connectivity index (χ4v) is 4.58. The van der Waals surface area contributed by atoms with Crippen LogP contribution in [0.4, 0.5) is 4.39 Å². The lowest BCUT2D eigenvalue weighted by Crippen LogP contribution is -2.48. The number of carbonyl (C=O) groups is 1. The van der Waals surface area contributed by atoms with Crippen LogP contribution in [0.15, 0.2) is 59.5 Å². The van der Waals surface area contributed by atoms with Crippen LogP contribution in [0.25, 0.3) is 0 Å². The number of amides is 1. The number of carbonyl (C=O) groups excluding carboxylic acids is 1. The van der Waals surface area contributed by atoms with Crippen LogP contribution in [0.2, 0.25) is 0 Å².